The van der Waals surface area contributed by atoms with Gasteiger partial charge < -0.3 is 19.1 Å². The number of halogens is 1. The summed E-state index contributed by atoms with van der Waals surface area (Å²) in [5.74, 6) is -0.415. The highest BCUT2D eigenvalue weighted by Gasteiger charge is 2.56. The molecule has 182 valence electrons. The molecular formula is C27H32FNO5. The summed E-state index contributed by atoms with van der Waals surface area (Å²) in [6, 6.07) is 12.1. The first-order valence-electron chi connectivity index (χ1n) is 11.8. The number of benzene rings is 2. The molecule has 0 radical (unpaired) electrons. The van der Waals surface area contributed by atoms with E-state index in [0.29, 0.717) is 32.4 Å². The molecule has 2 aromatic rings. The fourth-order valence-electron chi connectivity index (χ4n) is 5.89. The van der Waals surface area contributed by atoms with Crippen LogP contribution in [0.5, 0.6) is 5.75 Å². The van der Waals surface area contributed by atoms with E-state index in [4.69, 9.17) is 14.2 Å². The molecule has 0 aromatic heterocycles. The molecule has 4 atom stereocenters. The van der Waals surface area contributed by atoms with Crippen LogP contribution in [0.3, 0.4) is 0 Å². The molecular weight excluding hydrogens is 437 g/mol. The Labute approximate surface area is 200 Å². The van der Waals surface area contributed by atoms with Gasteiger partial charge in [0.2, 0.25) is 5.91 Å². The predicted molar refractivity (Wildman–Crippen MR) is 127 cm³/mol. The fourth-order valence-corrected chi connectivity index (χ4v) is 5.89. The predicted octanol–water partition coefficient (Wildman–Crippen LogP) is 4.82. The highest BCUT2D eigenvalue weighted by Crippen LogP contribution is 2.57. The van der Waals surface area contributed by atoms with Gasteiger partial charge in [0, 0.05) is 36.6 Å². The Bertz CT molecular complexity index is 1060. The van der Waals surface area contributed by atoms with Gasteiger partial charge in [-0.15, -0.1) is 0 Å². The van der Waals surface area contributed by atoms with Crippen LogP contribution in [0, 0.1) is 11.7 Å². The first-order chi connectivity index (χ1) is 16.3. The van der Waals surface area contributed by atoms with E-state index in [1.54, 1.807) is 31.1 Å². The first-order valence-corrected chi connectivity index (χ1v) is 11.8. The summed E-state index contributed by atoms with van der Waals surface area (Å²) in [6.07, 6.45) is 2.04. The van der Waals surface area contributed by atoms with Crippen LogP contribution in [0.4, 0.5) is 10.1 Å². The molecule has 2 aliphatic rings. The summed E-state index contributed by atoms with van der Waals surface area (Å²) < 4.78 is 31.0. The molecule has 0 N–H and O–H groups in total. The van der Waals surface area contributed by atoms with E-state index < -0.39 is 5.60 Å². The molecule has 0 bridgehead atoms. The number of anilines is 1. The summed E-state index contributed by atoms with van der Waals surface area (Å²) >= 11 is 0. The van der Waals surface area contributed by atoms with Gasteiger partial charge in [0.15, 0.2) is 0 Å². The summed E-state index contributed by atoms with van der Waals surface area (Å²) in [7, 11) is 3.04. The van der Waals surface area contributed by atoms with Gasteiger partial charge in [0.1, 0.15) is 11.6 Å². The zero-order valence-corrected chi connectivity index (χ0v) is 20.2. The summed E-state index contributed by atoms with van der Waals surface area (Å²) in [5.41, 5.74) is 2.12. The Morgan fingerprint density at radius 1 is 1.18 bits per heavy atom. The molecule has 1 saturated heterocycles. The Balaban J connectivity index is 1.70. The van der Waals surface area contributed by atoms with Crippen molar-refractivity contribution in [3.05, 3.63) is 59.4 Å². The zero-order chi connectivity index (χ0) is 24.5. The van der Waals surface area contributed by atoms with Gasteiger partial charge in [-0.3, -0.25) is 9.59 Å². The molecule has 1 aliphatic heterocycles. The maximum absolute atomic E-state index is 13.7. The van der Waals surface area contributed by atoms with Gasteiger partial charge in [0.25, 0.3) is 0 Å². The lowest BCUT2D eigenvalue weighted by Crippen LogP contribution is -2.35. The van der Waals surface area contributed by atoms with Crippen molar-refractivity contribution in [2.45, 2.75) is 50.5 Å². The molecule has 7 heteroatoms. The standard InChI is InChI=1S/C27H32FNO5/c1-5-29(17(2)30)21-10-11-24(32-3)23(14-21)19-15-27(34-16-19)13-12-22(26(31)33-4)25(27)18-6-8-20(28)9-7-18/h6-11,14,19,22,25H,5,12-13,15-16H2,1-4H3/t19-,22?,25-,27-/m1/s1. The van der Waals surface area contributed by atoms with Gasteiger partial charge >= 0.3 is 5.97 Å². The maximum atomic E-state index is 13.7. The van der Waals surface area contributed by atoms with E-state index in [-0.39, 0.29) is 35.4 Å². The first kappa shape index (κ1) is 24.2. The van der Waals surface area contributed by atoms with Crippen molar-refractivity contribution in [1.82, 2.24) is 0 Å². The van der Waals surface area contributed by atoms with Crippen LogP contribution >= 0.6 is 0 Å². The van der Waals surface area contributed by atoms with Crippen molar-refractivity contribution in [2.75, 3.05) is 32.3 Å². The number of nitrogens with zero attached hydrogens (tertiary/aromatic N) is 1. The molecule has 1 saturated carbocycles. The fraction of sp³-hybridized carbons (Fsp3) is 0.481. The molecule has 6 nitrogen and oxygen atoms in total. The molecule has 4 rings (SSSR count). The van der Waals surface area contributed by atoms with E-state index in [9.17, 15) is 14.0 Å². The number of methoxy groups -OCH3 is 2. The highest BCUT2D eigenvalue weighted by atomic mass is 19.1. The van der Waals surface area contributed by atoms with Crippen LogP contribution in [-0.4, -0.2) is 44.8 Å². The number of rotatable bonds is 6. The van der Waals surface area contributed by atoms with Crippen LogP contribution in [0.1, 0.15) is 56.1 Å². The number of hydrogen-bond donors (Lipinski definition) is 0. The second kappa shape index (κ2) is 9.74. The lowest BCUT2D eigenvalue weighted by atomic mass is 9.76. The number of esters is 1. The quantitative estimate of drug-likeness (QED) is 0.568. The lowest BCUT2D eigenvalue weighted by molar-refractivity contribution is -0.146. The minimum Gasteiger partial charge on any atom is -0.496 e. The summed E-state index contributed by atoms with van der Waals surface area (Å²) in [6.45, 7) is 4.54. The number of carbonyl (C=O) groups is 2. The second-order valence-electron chi connectivity index (χ2n) is 9.16. The third-order valence-electron chi connectivity index (χ3n) is 7.41. The van der Waals surface area contributed by atoms with E-state index in [1.165, 1.54) is 19.2 Å². The van der Waals surface area contributed by atoms with Gasteiger partial charge in [-0.05, 0) is 62.1 Å². The van der Waals surface area contributed by atoms with Crippen LogP contribution in [0.25, 0.3) is 0 Å². The van der Waals surface area contributed by atoms with Crippen molar-refractivity contribution < 1.29 is 28.2 Å². The van der Waals surface area contributed by atoms with E-state index in [0.717, 1.165) is 22.6 Å². The van der Waals surface area contributed by atoms with Crippen molar-refractivity contribution >= 4 is 17.6 Å². The van der Waals surface area contributed by atoms with Crippen molar-refractivity contribution in [3.63, 3.8) is 0 Å². The number of carbonyl (C=O) groups excluding carboxylic acids is 2. The minimum absolute atomic E-state index is 0.0224. The van der Waals surface area contributed by atoms with E-state index in [2.05, 4.69) is 0 Å². The molecule has 1 heterocycles. The molecule has 34 heavy (non-hydrogen) atoms. The number of amides is 1. The van der Waals surface area contributed by atoms with E-state index in [1.807, 2.05) is 25.1 Å². The zero-order valence-electron chi connectivity index (χ0n) is 20.2. The Morgan fingerprint density at radius 3 is 2.53 bits per heavy atom. The third-order valence-corrected chi connectivity index (χ3v) is 7.41. The van der Waals surface area contributed by atoms with Gasteiger partial charge in [-0.25, -0.2) is 4.39 Å². The smallest absolute Gasteiger partial charge is 0.309 e. The monoisotopic (exact) mass is 469 g/mol. The highest BCUT2D eigenvalue weighted by molar-refractivity contribution is 5.91. The average molecular weight is 470 g/mol. The summed E-state index contributed by atoms with van der Waals surface area (Å²) in [5, 5.41) is 0. The second-order valence-corrected chi connectivity index (χ2v) is 9.16. The number of ether oxygens (including phenoxy) is 3. The molecule has 1 aliphatic carbocycles. The lowest BCUT2D eigenvalue weighted by Gasteiger charge is -2.33. The van der Waals surface area contributed by atoms with Crippen LogP contribution in [0.2, 0.25) is 0 Å². The van der Waals surface area contributed by atoms with Crippen molar-refractivity contribution in [1.29, 1.82) is 0 Å². The van der Waals surface area contributed by atoms with Crippen LogP contribution in [0.15, 0.2) is 42.5 Å². The third kappa shape index (κ3) is 4.29. The topological polar surface area (TPSA) is 65.1 Å². The Morgan fingerprint density at radius 2 is 1.91 bits per heavy atom. The van der Waals surface area contributed by atoms with Gasteiger partial charge in [-0.2, -0.15) is 0 Å². The molecule has 1 spiro atoms. The summed E-state index contributed by atoms with van der Waals surface area (Å²) in [4.78, 5) is 26.5. The largest absolute Gasteiger partial charge is 0.496 e. The van der Waals surface area contributed by atoms with Gasteiger partial charge in [-0.1, -0.05) is 12.1 Å². The van der Waals surface area contributed by atoms with Crippen LogP contribution in [-0.2, 0) is 19.1 Å². The molecule has 2 aromatic carbocycles. The SMILES string of the molecule is CCN(C(C)=O)c1ccc(OC)c([C@H]2CO[C@]3(CCC(C(=O)OC)[C@H]3c3ccc(F)cc3)C2)c1. The Hall–Kier alpha value is -2.93. The van der Waals surface area contributed by atoms with Crippen molar-refractivity contribution in [3.8, 4) is 5.75 Å². The van der Waals surface area contributed by atoms with E-state index >= 15 is 0 Å². The molecule has 1 amide bonds. The Kier molecular flexibility index (Phi) is 6.94. The van der Waals surface area contributed by atoms with Gasteiger partial charge in [0.05, 0.1) is 32.3 Å². The molecule has 1 unspecified atom stereocenters. The maximum Gasteiger partial charge on any atom is 0.309 e. The van der Waals surface area contributed by atoms with Crippen LogP contribution < -0.4 is 9.64 Å². The minimum atomic E-state index is -0.562. The van der Waals surface area contributed by atoms with Crippen molar-refractivity contribution in [2.24, 2.45) is 5.92 Å². The molecule has 2 fully saturated rings. The normalized spacial score (nSPS) is 26.0. The number of hydrogen-bond acceptors (Lipinski definition) is 5. The average Bonchev–Trinajstić information content (AvgIpc) is 3.43.